The van der Waals surface area contributed by atoms with Gasteiger partial charge in [-0.2, -0.15) is 0 Å². The number of rotatable bonds is 6. The number of anilines is 1. The molecule has 0 aliphatic heterocycles. The van der Waals surface area contributed by atoms with Gasteiger partial charge in [-0.25, -0.2) is 0 Å². The van der Waals surface area contributed by atoms with E-state index in [-0.39, 0.29) is 6.04 Å². The van der Waals surface area contributed by atoms with Crippen LogP contribution in [0.25, 0.3) is 0 Å². The monoisotopic (exact) mass is 231 g/mol. The van der Waals surface area contributed by atoms with Crippen LogP contribution >= 0.6 is 0 Å². The second-order valence-electron chi connectivity index (χ2n) is 4.08. The number of hydrogen-bond donors (Lipinski definition) is 1. The first kappa shape index (κ1) is 13.5. The fourth-order valence-corrected chi connectivity index (χ4v) is 1.69. The molecule has 1 aromatic rings. The maximum Gasteiger partial charge on any atom is 0.0792 e. The number of aromatic nitrogens is 1. The zero-order valence-electron chi connectivity index (χ0n) is 10.7. The minimum absolute atomic E-state index is 0.0244. The lowest BCUT2D eigenvalue weighted by atomic mass is 10.1. The second kappa shape index (κ2) is 6.93. The van der Waals surface area contributed by atoms with Gasteiger partial charge in [-0.15, -0.1) is 6.42 Å². The Bertz CT molecular complexity index is 364. The first-order chi connectivity index (χ1) is 8.22. The van der Waals surface area contributed by atoms with Gasteiger partial charge in [0, 0.05) is 12.6 Å². The van der Waals surface area contributed by atoms with Gasteiger partial charge in [-0.3, -0.25) is 4.98 Å². The number of nitrogens with zero attached hydrogens (tertiary/aromatic N) is 2. The van der Waals surface area contributed by atoms with Crippen LogP contribution in [0, 0.1) is 12.3 Å². The van der Waals surface area contributed by atoms with Gasteiger partial charge in [0.05, 0.1) is 24.1 Å². The van der Waals surface area contributed by atoms with E-state index in [0.29, 0.717) is 6.54 Å². The second-order valence-corrected chi connectivity index (χ2v) is 4.08. The molecule has 0 saturated heterocycles. The van der Waals surface area contributed by atoms with Crippen LogP contribution in [0.1, 0.15) is 38.4 Å². The molecule has 0 radical (unpaired) electrons. The van der Waals surface area contributed by atoms with Gasteiger partial charge in [-0.1, -0.05) is 19.8 Å². The van der Waals surface area contributed by atoms with Crippen molar-refractivity contribution in [1.29, 1.82) is 0 Å². The fourth-order valence-electron chi connectivity index (χ4n) is 1.69. The van der Waals surface area contributed by atoms with Crippen LogP contribution in [0.2, 0.25) is 0 Å². The van der Waals surface area contributed by atoms with Crippen molar-refractivity contribution in [1.82, 2.24) is 4.98 Å². The van der Waals surface area contributed by atoms with Crippen LogP contribution in [0.4, 0.5) is 5.69 Å². The highest BCUT2D eigenvalue weighted by Gasteiger charge is 2.07. The normalized spacial score (nSPS) is 11.9. The standard InChI is InChI=1S/C14H21N3/c1-4-9-17(10-5-2)12-7-8-14(16-11-12)13(15)6-3/h1,7-8,11,13H,5-6,9-10,15H2,2-3H3/t13-/m1/s1. The summed E-state index contributed by atoms with van der Waals surface area (Å²) < 4.78 is 0. The fraction of sp³-hybridized carbons (Fsp3) is 0.500. The summed E-state index contributed by atoms with van der Waals surface area (Å²) in [5.41, 5.74) is 7.93. The Hall–Kier alpha value is -1.53. The molecule has 0 aliphatic carbocycles. The zero-order chi connectivity index (χ0) is 12.7. The molecule has 0 aliphatic rings. The van der Waals surface area contributed by atoms with E-state index in [1.807, 2.05) is 18.3 Å². The maximum atomic E-state index is 5.93. The molecule has 1 aromatic heterocycles. The highest BCUT2D eigenvalue weighted by Crippen LogP contribution is 2.17. The number of pyridine rings is 1. The van der Waals surface area contributed by atoms with Crippen LogP contribution in [-0.2, 0) is 0 Å². The van der Waals surface area contributed by atoms with Crippen LogP contribution < -0.4 is 10.6 Å². The molecule has 0 amide bonds. The quantitative estimate of drug-likeness (QED) is 0.764. The van der Waals surface area contributed by atoms with E-state index in [9.17, 15) is 0 Å². The predicted molar refractivity (Wildman–Crippen MR) is 72.8 cm³/mol. The average molecular weight is 231 g/mol. The summed E-state index contributed by atoms with van der Waals surface area (Å²) in [4.78, 5) is 6.55. The van der Waals surface area contributed by atoms with Crippen LogP contribution in [0.3, 0.4) is 0 Å². The first-order valence-electron chi connectivity index (χ1n) is 6.12. The summed E-state index contributed by atoms with van der Waals surface area (Å²) in [6.07, 6.45) is 9.19. The van der Waals surface area contributed by atoms with Crippen LogP contribution in [-0.4, -0.2) is 18.1 Å². The molecule has 3 heteroatoms. The molecule has 0 fully saturated rings. The van der Waals surface area contributed by atoms with Crippen molar-refractivity contribution in [2.45, 2.75) is 32.7 Å². The van der Waals surface area contributed by atoms with E-state index < -0.39 is 0 Å². The lowest BCUT2D eigenvalue weighted by Crippen LogP contribution is -2.24. The van der Waals surface area contributed by atoms with E-state index in [4.69, 9.17) is 12.2 Å². The van der Waals surface area contributed by atoms with Crippen molar-refractivity contribution < 1.29 is 0 Å². The molecule has 1 rings (SSSR count). The lowest BCUT2D eigenvalue weighted by Gasteiger charge is -2.21. The smallest absolute Gasteiger partial charge is 0.0792 e. The third kappa shape index (κ3) is 3.76. The molecular formula is C14H21N3. The van der Waals surface area contributed by atoms with Crippen molar-refractivity contribution in [2.75, 3.05) is 18.0 Å². The third-order valence-electron chi connectivity index (χ3n) is 2.73. The molecule has 1 heterocycles. The van der Waals surface area contributed by atoms with Crippen molar-refractivity contribution >= 4 is 5.69 Å². The van der Waals surface area contributed by atoms with Gasteiger partial charge in [0.25, 0.3) is 0 Å². The van der Waals surface area contributed by atoms with E-state index in [0.717, 1.165) is 30.8 Å². The van der Waals surface area contributed by atoms with Gasteiger partial charge in [0.15, 0.2) is 0 Å². The highest BCUT2D eigenvalue weighted by molar-refractivity contribution is 5.46. The Kier molecular flexibility index (Phi) is 5.51. The number of terminal acetylenes is 1. The largest absolute Gasteiger partial charge is 0.359 e. The summed E-state index contributed by atoms with van der Waals surface area (Å²) in [6.45, 7) is 5.76. The van der Waals surface area contributed by atoms with Crippen molar-refractivity contribution in [3.8, 4) is 12.3 Å². The summed E-state index contributed by atoms with van der Waals surface area (Å²) in [5, 5.41) is 0. The van der Waals surface area contributed by atoms with Crippen molar-refractivity contribution in [3.05, 3.63) is 24.0 Å². The van der Waals surface area contributed by atoms with Crippen molar-refractivity contribution in [2.24, 2.45) is 5.73 Å². The zero-order valence-corrected chi connectivity index (χ0v) is 10.7. The van der Waals surface area contributed by atoms with Crippen LogP contribution in [0.5, 0.6) is 0 Å². The molecule has 1 atom stereocenters. The molecule has 3 nitrogen and oxygen atoms in total. The van der Waals surface area contributed by atoms with Gasteiger partial charge < -0.3 is 10.6 Å². The predicted octanol–water partition coefficient (Wildman–Crippen LogP) is 2.34. The molecule has 17 heavy (non-hydrogen) atoms. The molecular weight excluding hydrogens is 210 g/mol. The molecule has 92 valence electrons. The topological polar surface area (TPSA) is 42.1 Å². The van der Waals surface area contributed by atoms with Gasteiger partial charge >= 0.3 is 0 Å². The number of hydrogen-bond acceptors (Lipinski definition) is 3. The summed E-state index contributed by atoms with van der Waals surface area (Å²) in [5.74, 6) is 2.67. The molecule has 0 bridgehead atoms. The van der Waals surface area contributed by atoms with Gasteiger partial charge in [0.2, 0.25) is 0 Å². The van der Waals surface area contributed by atoms with E-state index in [1.165, 1.54) is 0 Å². The SMILES string of the molecule is C#CCN(CCC)c1ccc([C@H](N)CC)nc1. The van der Waals surface area contributed by atoms with Crippen molar-refractivity contribution in [3.63, 3.8) is 0 Å². The average Bonchev–Trinajstić information content (AvgIpc) is 2.38. The van der Waals surface area contributed by atoms with Gasteiger partial charge in [0.1, 0.15) is 0 Å². The lowest BCUT2D eigenvalue weighted by molar-refractivity contribution is 0.675. The minimum atomic E-state index is 0.0244. The summed E-state index contributed by atoms with van der Waals surface area (Å²) in [7, 11) is 0. The molecule has 2 N–H and O–H groups in total. The first-order valence-corrected chi connectivity index (χ1v) is 6.12. The molecule has 0 unspecified atom stereocenters. The van der Waals surface area contributed by atoms with E-state index >= 15 is 0 Å². The Labute approximate surface area is 104 Å². The Morgan fingerprint density at radius 3 is 2.71 bits per heavy atom. The molecule has 0 aromatic carbocycles. The van der Waals surface area contributed by atoms with E-state index in [1.54, 1.807) is 0 Å². The summed E-state index contributed by atoms with van der Waals surface area (Å²) in [6, 6.07) is 4.06. The minimum Gasteiger partial charge on any atom is -0.359 e. The Balaban J connectivity index is 2.80. The molecule has 0 saturated carbocycles. The molecule has 0 spiro atoms. The van der Waals surface area contributed by atoms with Gasteiger partial charge in [-0.05, 0) is 25.0 Å². The Morgan fingerprint density at radius 2 is 2.24 bits per heavy atom. The number of nitrogens with two attached hydrogens (primary N) is 1. The van der Waals surface area contributed by atoms with E-state index in [2.05, 4.69) is 29.7 Å². The summed E-state index contributed by atoms with van der Waals surface area (Å²) >= 11 is 0. The maximum absolute atomic E-state index is 5.93. The van der Waals surface area contributed by atoms with Crippen LogP contribution in [0.15, 0.2) is 18.3 Å². The Morgan fingerprint density at radius 1 is 1.47 bits per heavy atom. The highest BCUT2D eigenvalue weighted by atomic mass is 15.1. The third-order valence-corrected chi connectivity index (χ3v) is 2.73.